The lowest BCUT2D eigenvalue weighted by Crippen LogP contribution is -2.16. The van der Waals surface area contributed by atoms with E-state index in [0.717, 1.165) is 5.56 Å². The number of hydrogen-bond donors (Lipinski definition) is 3. The SMILES string of the molecule is Cc1ccc(N)c(S(=O)(=O)Nc2cn[nH]c2)c1C. The van der Waals surface area contributed by atoms with Gasteiger partial charge in [0.1, 0.15) is 4.90 Å². The van der Waals surface area contributed by atoms with Crippen molar-refractivity contribution in [1.82, 2.24) is 10.2 Å². The quantitative estimate of drug-likeness (QED) is 0.731. The van der Waals surface area contributed by atoms with Crippen molar-refractivity contribution in [3.05, 3.63) is 35.7 Å². The molecule has 0 aliphatic heterocycles. The topological polar surface area (TPSA) is 101 Å². The van der Waals surface area contributed by atoms with Crippen molar-refractivity contribution in [2.45, 2.75) is 18.7 Å². The van der Waals surface area contributed by atoms with Crippen LogP contribution in [0.5, 0.6) is 0 Å². The zero-order chi connectivity index (χ0) is 13.3. The van der Waals surface area contributed by atoms with Crippen LogP contribution >= 0.6 is 0 Å². The van der Waals surface area contributed by atoms with Crippen LogP contribution in [0, 0.1) is 13.8 Å². The molecule has 0 amide bonds. The molecule has 2 aromatic rings. The number of nitrogens with zero attached hydrogens (tertiary/aromatic N) is 1. The summed E-state index contributed by atoms with van der Waals surface area (Å²) in [5, 5.41) is 6.22. The first kappa shape index (κ1) is 12.4. The fourth-order valence-corrected chi connectivity index (χ4v) is 3.15. The molecule has 4 N–H and O–H groups in total. The van der Waals surface area contributed by atoms with Crippen LogP contribution in [0.1, 0.15) is 11.1 Å². The number of benzene rings is 1. The fourth-order valence-electron chi connectivity index (χ4n) is 1.68. The van der Waals surface area contributed by atoms with Gasteiger partial charge < -0.3 is 5.73 Å². The number of aromatic nitrogens is 2. The van der Waals surface area contributed by atoms with Crippen molar-refractivity contribution in [1.29, 1.82) is 0 Å². The van der Waals surface area contributed by atoms with Crippen molar-refractivity contribution in [3.63, 3.8) is 0 Å². The number of aromatic amines is 1. The molecule has 6 nitrogen and oxygen atoms in total. The summed E-state index contributed by atoms with van der Waals surface area (Å²) in [7, 11) is -3.70. The number of nitrogens with two attached hydrogens (primary N) is 1. The third-order valence-electron chi connectivity index (χ3n) is 2.73. The minimum absolute atomic E-state index is 0.115. The molecule has 0 fully saturated rings. The van der Waals surface area contributed by atoms with E-state index in [9.17, 15) is 8.42 Å². The summed E-state index contributed by atoms with van der Waals surface area (Å²) in [4.78, 5) is 0.115. The Labute approximate surface area is 105 Å². The third kappa shape index (κ3) is 2.17. The molecule has 0 aliphatic rings. The highest BCUT2D eigenvalue weighted by atomic mass is 32.2. The molecule has 0 unspecified atom stereocenters. The zero-order valence-electron chi connectivity index (χ0n) is 10.1. The predicted octanol–water partition coefficient (Wildman–Crippen LogP) is 1.41. The van der Waals surface area contributed by atoms with E-state index < -0.39 is 10.0 Å². The van der Waals surface area contributed by atoms with Gasteiger partial charge in [-0.1, -0.05) is 6.07 Å². The Morgan fingerprint density at radius 2 is 2.06 bits per heavy atom. The molecular formula is C11H14N4O2S. The van der Waals surface area contributed by atoms with Crippen molar-refractivity contribution in [3.8, 4) is 0 Å². The number of H-pyrrole nitrogens is 1. The van der Waals surface area contributed by atoms with E-state index in [-0.39, 0.29) is 10.6 Å². The third-order valence-corrected chi connectivity index (χ3v) is 4.31. The summed E-state index contributed by atoms with van der Waals surface area (Å²) in [5.41, 5.74) is 7.88. The second-order valence-electron chi connectivity index (χ2n) is 4.02. The molecule has 2 rings (SSSR count). The van der Waals surface area contributed by atoms with Crippen LogP contribution in [-0.4, -0.2) is 18.6 Å². The number of hydrogen-bond acceptors (Lipinski definition) is 4. The van der Waals surface area contributed by atoms with E-state index in [4.69, 9.17) is 5.73 Å². The van der Waals surface area contributed by atoms with Gasteiger partial charge in [0, 0.05) is 6.20 Å². The lowest BCUT2D eigenvalue weighted by Gasteiger charge is -2.13. The smallest absolute Gasteiger partial charge is 0.264 e. The maximum Gasteiger partial charge on any atom is 0.264 e. The van der Waals surface area contributed by atoms with Gasteiger partial charge in [0.15, 0.2) is 0 Å². The largest absolute Gasteiger partial charge is 0.398 e. The average Bonchev–Trinajstić information content (AvgIpc) is 2.75. The first-order chi connectivity index (χ1) is 8.42. The molecule has 18 heavy (non-hydrogen) atoms. The van der Waals surface area contributed by atoms with Gasteiger partial charge in [0.25, 0.3) is 10.0 Å². The normalized spacial score (nSPS) is 11.4. The Hall–Kier alpha value is -2.02. The number of sulfonamides is 1. The monoisotopic (exact) mass is 266 g/mol. The summed E-state index contributed by atoms with van der Waals surface area (Å²) < 4.78 is 26.9. The van der Waals surface area contributed by atoms with E-state index in [1.807, 2.05) is 6.92 Å². The Morgan fingerprint density at radius 1 is 1.33 bits per heavy atom. The highest BCUT2D eigenvalue weighted by Crippen LogP contribution is 2.26. The molecular weight excluding hydrogens is 252 g/mol. The van der Waals surface area contributed by atoms with Crippen LogP contribution in [0.3, 0.4) is 0 Å². The number of anilines is 2. The molecule has 1 heterocycles. The molecule has 0 aliphatic carbocycles. The highest BCUT2D eigenvalue weighted by molar-refractivity contribution is 7.93. The maximum absolute atomic E-state index is 12.3. The van der Waals surface area contributed by atoms with Crippen LogP contribution in [0.15, 0.2) is 29.4 Å². The van der Waals surface area contributed by atoms with Crippen LogP contribution in [0.4, 0.5) is 11.4 Å². The molecule has 96 valence electrons. The summed E-state index contributed by atoms with van der Waals surface area (Å²) in [5.74, 6) is 0. The molecule has 0 saturated heterocycles. The summed E-state index contributed by atoms with van der Waals surface area (Å²) in [6.07, 6.45) is 2.84. The van der Waals surface area contributed by atoms with Crippen molar-refractivity contribution >= 4 is 21.4 Å². The van der Waals surface area contributed by atoms with E-state index >= 15 is 0 Å². The molecule has 0 spiro atoms. The van der Waals surface area contributed by atoms with Crippen LogP contribution < -0.4 is 10.5 Å². The van der Waals surface area contributed by atoms with Crippen LogP contribution in [0.25, 0.3) is 0 Å². The number of nitrogen functional groups attached to an aromatic ring is 1. The second kappa shape index (κ2) is 4.34. The van der Waals surface area contributed by atoms with Crippen molar-refractivity contribution in [2.24, 2.45) is 0 Å². The van der Waals surface area contributed by atoms with Crippen LogP contribution in [-0.2, 0) is 10.0 Å². The number of rotatable bonds is 3. The van der Waals surface area contributed by atoms with Gasteiger partial charge in [0.2, 0.25) is 0 Å². The highest BCUT2D eigenvalue weighted by Gasteiger charge is 2.21. The Balaban J connectivity index is 2.51. The van der Waals surface area contributed by atoms with Gasteiger partial charge in [-0.05, 0) is 31.0 Å². The lowest BCUT2D eigenvalue weighted by atomic mass is 10.1. The minimum atomic E-state index is -3.70. The van der Waals surface area contributed by atoms with Gasteiger partial charge >= 0.3 is 0 Å². The predicted molar refractivity (Wildman–Crippen MR) is 69.7 cm³/mol. The maximum atomic E-state index is 12.3. The molecule has 0 radical (unpaired) electrons. The first-order valence-electron chi connectivity index (χ1n) is 5.29. The van der Waals surface area contributed by atoms with E-state index in [0.29, 0.717) is 11.3 Å². The van der Waals surface area contributed by atoms with E-state index in [1.54, 1.807) is 19.1 Å². The Bertz CT molecular complexity index is 663. The molecule has 0 atom stereocenters. The molecule has 0 bridgehead atoms. The Morgan fingerprint density at radius 3 is 2.67 bits per heavy atom. The summed E-state index contributed by atoms with van der Waals surface area (Å²) in [6.45, 7) is 3.57. The summed E-state index contributed by atoms with van der Waals surface area (Å²) >= 11 is 0. The molecule has 1 aromatic carbocycles. The van der Waals surface area contributed by atoms with Crippen molar-refractivity contribution in [2.75, 3.05) is 10.5 Å². The molecule has 7 heteroatoms. The van der Waals surface area contributed by atoms with Crippen LogP contribution in [0.2, 0.25) is 0 Å². The van der Waals surface area contributed by atoms with Gasteiger partial charge in [-0.3, -0.25) is 9.82 Å². The van der Waals surface area contributed by atoms with Gasteiger partial charge in [-0.25, -0.2) is 8.42 Å². The van der Waals surface area contributed by atoms with Gasteiger partial charge in [-0.15, -0.1) is 0 Å². The Kier molecular flexibility index (Phi) is 3.00. The summed E-state index contributed by atoms with van der Waals surface area (Å²) in [6, 6.07) is 3.38. The van der Waals surface area contributed by atoms with Gasteiger partial charge in [-0.2, -0.15) is 5.10 Å². The first-order valence-corrected chi connectivity index (χ1v) is 6.77. The number of aryl methyl sites for hydroxylation is 1. The lowest BCUT2D eigenvalue weighted by molar-refractivity contribution is 0.601. The molecule has 0 saturated carbocycles. The minimum Gasteiger partial charge on any atom is -0.398 e. The average molecular weight is 266 g/mol. The second-order valence-corrected chi connectivity index (χ2v) is 5.64. The van der Waals surface area contributed by atoms with Crippen molar-refractivity contribution < 1.29 is 8.42 Å². The zero-order valence-corrected chi connectivity index (χ0v) is 10.9. The standard InChI is InChI=1S/C11H14N4O2S/c1-7-3-4-10(12)11(8(7)2)18(16,17)15-9-5-13-14-6-9/h3-6,15H,12H2,1-2H3,(H,13,14). The van der Waals surface area contributed by atoms with E-state index in [2.05, 4.69) is 14.9 Å². The molecule has 1 aromatic heterocycles. The number of nitrogens with one attached hydrogen (secondary N) is 2. The van der Waals surface area contributed by atoms with E-state index in [1.165, 1.54) is 12.4 Å². The van der Waals surface area contributed by atoms with Gasteiger partial charge in [0.05, 0.1) is 17.6 Å². The fraction of sp³-hybridized carbons (Fsp3) is 0.182.